The van der Waals surface area contributed by atoms with Gasteiger partial charge in [-0.2, -0.15) is 0 Å². The first-order chi connectivity index (χ1) is 7.36. The number of urea groups is 1. The molecular weight excluding hydrogens is 208 g/mol. The van der Waals surface area contributed by atoms with Crippen LogP contribution in [-0.4, -0.2) is 41.1 Å². The van der Waals surface area contributed by atoms with Gasteiger partial charge in [-0.05, 0) is 12.8 Å². The van der Waals surface area contributed by atoms with Crippen LogP contribution in [0.4, 0.5) is 4.79 Å². The zero-order valence-electron chi connectivity index (χ0n) is 10.1. The summed E-state index contributed by atoms with van der Waals surface area (Å²) in [7, 11) is 0. The van der Waals surface area contributed by atoms with Crippen LogP contribution in [0.25, 0.3) is 0 Å². The highest BCUT2D eigenvalue weighted by Crippen LogP contribution is 2.00. The molecule has 0 aromatic heterocycles. The normalized spacial score (nSPS) is 12.0. The summed E-state index contributed by atoms with van der Waals surface area (Å²) < 4.78 is 0. The van der Waals surface area contributed by atoms with E-state index in [4.69, 9.17) is 5.11 Å². The van der Waals surface area contributed by atoms with Crippen molar-refractivity contribution in [1.29, 1.82) is 0 Å². The Hall–Kier alpha value is -1.52. The quantitative estimate of drug-likeness (QED) is 0.673. The highest BCUT2D eigenvalue weighted by Gasteiger charge is 2.18. The minimum absolute atomic E-state index is 0.170. The van der Waals surface area contributed by atoms with Gasteiger partial charge < -0.3 is 15.3 Å². The number of amides is 2. The summed E-state index contributed by atoms with van der Waals surface area (Å²) in [6.07, 6.45) is 1.59. The Morgan fingerprint density at radius 3 is 2.38 bits per heavy atom. The largest absolute Gasteiger partial charge is 0.480 e. The molecule has 0 heterocycles. The van der Waals surface area contributed by atoms with E-state index in [-0.39, 0.29) is 24.5 Å². The first kappa shape index (κ1) is 14.5. The maximum absolute atomic E-state index is 11.7. The SMILES string of the molecule is C=CC(C)NC(=O)N(CC(=O)O)CC(C)C. The molecule has 0 aliphatic heterocycles. The van der Waals surface area contributed by atoms with Gasteiger partial charge in [0.05, 0.1) is 0 Å². The van der Waals surface area contributed by atoms with Crippen LogP contribution in [0.15, 0.2) is 12.7 Å². The Kier molecular flexibility index (Phi) is 6.22. The monoisotopic (exact) mass is 228 g/mol. The average molecular weight is 228 g/mol. The second-order valence-electron chi connectivity index (χ2n) is 4.14. The standard InChI is InChI=1S/C11H20N2O3/c1-5-9(4)12-11(16)13(6-8(2)3)7-10(14)15/h5,8-9H,1,6-7H2,2-4H3,(H,12,16)(H,14,15). The molecule has 0 aromatic rings. The number of aliphatic carboxylic acids is 1. The van der Waals surface area contributed by atoms with Gasteiger partial charge in [0.25, 0.3) is 0 Å². The van der Waals surface area contributed by atoms with Crippen LogP contribution in [0.5, 0.6) is 0 Å². The lowest BCUT2D eigenvalue weighted by molar-refractivity contribution is -0.137. The fraction of sp³-hybridized carbons (Fsp3) is 0.636. The van der Waals surface area contributed by atoms with Gasteiger partial charge in [0.2, 0.25) is 0 Å². The lowest BCUT2D eigenvalue weighted by atomic mass is 10.2. The highest BCUT2D eigenvalue weighted by molar-refractivity contribution is 5.80. The van der Waals surface area contributed by atoms with Crippen molar-refractivity contribution in [3.05, 3.63) is 12.7 Å². The molecule has 0 spiro atoms. The second kappa shape index (κ2) is 6.87. The molecule has 0 radical (unpaired) electrons. The van der Waals surface area contributed by atoms with Gasteiger partial charge in [-0.3, -0.25) is 4.79 Å². The van der Waals surface area contributed by atoms with Gasteiger partial charge in [0.1, 0.15) is 6.54 Å². The third kappa shape index (κ3) is 6.06. The van der Waals surface area contributed by atoms with Gasteiger partial charge in [0, 0.05) is 12.6 Å². The van der Waals surface area contributed by atoms with Crippen LogP contribution in [0.3, 0.4) is 0 Å². The van der Waals surface area contributed by atoms with Crippen LogP contribution in [-0.2, 0) is 4.79 Å². The van der Waals surface area contributed by atoms with Crippen molar-refractivity contribution in [1.82, 2.24) is 10.2 Å². The van der Waals surface area contributed by atoms with Crippen LogP contribution < -0.4 is 5.32 Å². The molecule has 0 aromatic carbocycles. The number of carbonyl (C=O) groups excluding carboxylic acids is 1. The molecule has 2 amide bonds. The van der Waals surface area contributed by atoms with E-state index in [1.165, 1.54) is 4.90 Å². The third-order valence-corrected chi connectivity index (χ3v) is 1.90. The molecule has 92 valence electrons. The lowest BCUT2D eigenvalue weighted by Crippen LogP contribution is -2.46. The number of nitrogens with zero attached hydrogens (tertiary/aromatic N) is 1. The topological polar surface area (TPSA) is 69.6 Å². The Morgan fingerprint density at radius 2 is 2.00 bits per heavy atom. The van der Waals surface area contributed by atoms with Gasteiger partial charge >= 0.3 is 12.0 Å². The number of hydrogen-bond donors (Lipinski definition) is 2. The highest BCUT2D eigenvalue weighted by atomic mass is 16.4. The molecular formula is C11H20N2O3. The molecule has 5 nitrogen and oxygen atoms in total. The van der Waals surface area contributed by atoms with Crippen molar-refractivity contribution in [2.75, 3.05) is 13.1 Å². The van der Waals surface area contributed by atoms with E-state index >= 15 is 0 Å². The van der Waals surface area contributed by atoms with Gasteiger partial charge in [-0.15, -0.1) is 6.58 Å². The molecule has 16 heavy (non-hydrogen) atoms. The molecule has 0 saturated carbocycles. The molecule has 0 saturated heterocycles. The maximum atomic E-state index is 11.7. The van der Waals surface area contributed by atoms with Gasteiger partial charge in [-0.25, -0.2) is 4.79 Å². The Balaban J connectivity index is 4.42. The van der Waals surface area contributed by atoms with E-state index in [0.29, 0.717) is 6.54 Å². The summed E-state index contributed by atoms with van der Waals surface area (Å²) in [6, 6.07) is -0.542. The first-order valence-electron chi connectivity index (χ1n) is 5.26. The molecule has 5 heteroatoms. The second-order valence-corrected chi connectivity index (χ2v) is 4.14. The minimum Gasteiger partial charge on any atom is -0.480 e. The summed E-state index contributed by atoms with van der Waals surface area (Å²) in [4.78, 5) is 23.6. The van der Waals surface area contributed by atoms with E-state index in [9.17, 15) is 9.59 Å². The van der Waals surface area contributed by atoms with Crippen molar-refractivity contribution in [2.45, 2.75) is 26.8 Å². The maximum Gasteiger partial charge on any atom is 0.323 e. The molecule has 1 unspecified atom stereocenters. The van der Waals surface area contributed by atoms with Crippen LogP contribution in [0.2, 0.25) is 0 Å². The number of carbonyl (C=O) groups is 2. The number of nitrogens with one attached hydrogen (secondary N) is 1. The number of rotatable bonds is 6. The zero-order chi connectivity index (χ0) is 12.7. The van der Waals surface area contributed by atoms with Crippen LogP contribution in [0.1, 0.15) is 20.8 Å². The Labute approximate surface area is 96.1 Å². The molecule has 1 atom stereocenters. The average Bonchev–Trinajstić information content (AvgIpc) is 2.15. The summed E-state index contributed by atoms with van der Waals surface area (Å²) in [5.74, 6) is -0.786. The third-order valence-electron chi connectivity index (χ3n) is 1.90. The number of carboxylic acids is 1. The first-order valence-corrected chi connectivity index (χ1v) is 5.26. The zero-order valence-corrected chi connectivity index (χ0v) is 10.1. The van der Waals surface area contributed by atoms with E-state index in [1.54, 1.807) is 13.0 Å². The molecule has 2 N–H and O–H groups in total. The summed E-state index contributed by atoms with van der Waals surface area (Å²) >= 11 is 0. The fourth-order valence-corrected chi connectivity index (χ4v) is 1.17. The molecule has 0 fully saturated rings. The summed E-state index contributed by atoms with van der Waals surface area (Å²) in [6.45, 7) is 9.32. The van der Waals surface area contributed by atoms with Crippen molar-refractivity contribution in [3.8, 4) is 0 Å². The van der Waals surface area contributed by atoms with Gasteiger partial charge in [-0.1, -0.05) is 19.9 Å². The van der Waals surface area contributed by atoms with Crippen molar-refractivity contribution in [2.24, 2.45) is 5.92 Å². The summed E-state index contributed by atoms with van der Waals surface area (Å²) in [5, 5.41) is 11.3. The summed E-state index contributed by atoms with van der Waals surface area (Å²) in [5.41, 5.74) is 0. The van der Waals surface area contributed by atoms with Crippen molar-refractivity contribution >= 4 is 12.0 Å². The smallest absolute Gasteiger partial charge is 0.323 e. The van der Waals surface area contributed by atoms with Crippen molar-refractivity contribution in [3.63, 3.8) is 0 Å². The number of carboxylic acid groups (broad SMARTS) is 1. The van der Waals surface area contributed by atoms with E-state index in [1.807, 2.05) is 13.8 Å². The van der Waals surface area contributed by atoms with E-state index < -0.39 is 5.97 Å². The predicted molar refractivity (Wildman–Crippen MR) is 62.2 cm³/mol. The Bertz CT molecular complexity index is 264. The van der Waals surface area contributed by atoms with E-state index in [2.05, 4.69) is 11.9 Å². The molecule has 0 rings (SSSR count). The predicted octanol–water partition coefficient (Wildman–Crippen LogP) is 1.31. The number of hydrogen-bond acceptors (Lipinski definition) is 2. The lowest BCUT2D eigenvalue weighted by Gasteiger charge is -2.24. The minimum atomic E-state index is -1.01. The molecule has 0 bridgehead atoms. The van der Waals surface area contributed by atoms with Crippen LogP contribution in [0, 0.1) is 5.92 Å². The molecule has 0 aliphatic carbocycles. The Morgan fingerprint density at radius 1 is 1.44 bits per heavy atom. The van der Waals surface area contributed by atoms with Crippen LogP contribution >= 0.6 is 0 Å². The van der Waals surface area contributed by atoms with Crippen molar-refractivity contribution < 1.29 is 14.7 Å². The molecule has 0 aliphatic rings. The van der Waals surface area contributed by atoms with E-state index in [0.717, 1.165) is 0 Å². The fourth-order valence-electron chi connectivity index (χ4n) is 1.17. The van der Waals surface area contributed by atoms with Gasteiger partial charge in [0.15, 0.2) is 0 Å².